The quantitative estimate of drug-likeness (QED) is 0.781. The van der Waals surface area contributed by atoms with Crippen LogP contribution in [-0.4, -0.2) is 43.0 Å². The zero-order valence-electron chi connectivity index (χ0n) is 13.2. The van der Waals surface area contributed by atoms with Gasteiger partial charge in [0.05, 0.1) is 0 Å². The topological polar surface area (TPSA) is 6.48 Å². The van der Waals surface area contributed by atoms with Crippen molar-refractivity contribution >= 4 is 0 Å². The third-order valence-corrected chi connectivity index (χ3v) is 4.60. The first kappa shape index (κ1) is 15.5. The monoisotopic (exact) mass is 274 g/mol. The van der Waals surface area contributed by atoms with Gasteiger partial charge in [-0.25, -0.2) is 0 Å². The summed E-state index contributed by atoms with van der Waals surface area (Å²) in [5.41, 5.74) is 1.42. The summed E-state index contributed by atoms with van der Waals surface area (Å²) in [4.78, 5) is 5.07. The molecule has 0 N–H and O–H groups in total. The van der Waals surface area contributed by atoms with Crippen molar-refractivity contribution in [3.63, 3.8) is 0 Å². The maximum absolute atomic E-state index is 2.60. The highest BCUT2D eigenvalue weighted by Crippen LogP contribution is 2.21. The lowest BCUT2D eigenvalue weighted by Crippen LogP contribution is -2.24. The van der Waals surface area contributed by atoms with Crippen LogP contribution >= 0.6 is 0 Å². The summed E-state index contributed by atoms with van der Waals surface area (Å²) >= 11 is 0. The fourth-order valence-electron chi connectivity index (χ4n) is 3.21. The van der Waals surface area contributed by atoms with E-state index in [0.717, 1.165) is 12.5 Å². The summed E-state index contributed by atoms with van der Waals surface area (Å²) in [5, 5.41) is 0. The molecule has 2 rings (SSSR count). The minimum Gasteiger partial charge on any atom is -0.304 e. The molecule has 112 valence electrons. The van der Waals surface area contributed by atoms with Gasteiger partial charge in [-0.3, -0.25) is 0 Å². The molecule has 1 fully saturated rings. The molecule has 0 radical (unpaired) electrons. The fraction of sp³-hybridized carbons (Fsp3) is 0.667. The number of hydrogen-bond donors (Lipinski definition) is 0. The highest BCUT2D eigenvalue weighted by Gasteiger charge is 2.16. The van der Waals surface area contributed by atoms with Crippen molar-refractivity contribution < 1.29 is 0 Å². The van der Waals surface area contributed by atoms with Gasteiger partial charge in [0.15, 0.2) is 0 Å². The molecule has 0 aromatic heterocycles. The summed E-state index contributed by atoms with van der Waals surface area (Å²) in [6.45, 7) is 8.44. The predicted octanol–water partition coefficient (Wildman–Crippen LogP) is 3.63. The lowest BCUT2D eigenvalue weighted by Gasteiger charge is -2.21. The number of benzene rings is 1. The van der Waals surface area contributed by atoms with Crippen molar-refractivity contribution in [1.82, 2.24) is 9.80 Å². The van der Waals surface area contributed by atoms with E-state index in [0.29, 0.717) is 0 Å². The number of nitrogens with zero attached hydrogens (tertiary/aromatic N) is 2. The summed E-state index contributed by atoms with van der Waals surface area (Å²) < 4.78 is 0. The normalized spacial score (nSPS) is 21.1. The third-order valence-electron chi connectivity index (χ3n) is 4.60. The molecular formula is C18H30N2. The lowest BCUT2D eigenvalue weighted by molar-refractivity contribution is 0.271. The molecular weight excluding hydrogens is 244 g/mol. The minimum atomic E-state index is 0.935. The van der Waals surface area contributed by atoms with Gasteiger partial charge in [-0.2, -0.15) is 0 Å². The highest BCUT2D eigenvalue weighted by molar-refractivity contribution is 5.14. The molecule has 0 bridgehead atoms. The SMILES string of the molecule is CCN1CCCC(CCN(C)Cc2ccccc2)CC1. The third kappa shape index (κ3) is 5.26. The van der Waals surface area contributed by atoms with E-state index in [2.05, 4.69) is 54.1 Å². The first-order valence-electron chi connectivity index (χ1n) is 8.22. The fourth-order valence-corrected chi connectivity index (χ4v) is 3.21. The number of likely N-dealkylation sites (tertiary alicyclic amines) is 1. The van der Waals surface area contributed by atoms with E-state index in [1.165, 1.54) is 57.4 Å². The first-order chi connectivity index (χ1) is 9.78. The Morgan fingerprint density at radius 1 is 1.15 bits per heavy atom. The van der Waals surface area contributed by atoms with Crippen LogP contribution in [0, 0.1) is 5.92 Å². The Morgan fingerprint density at radius 3 is 2.70 bits per heavy atom. The molecule has 1 aliphatic heterocycles. The van der Waals surface area contributed by atoms with E-state index >= 15 is 0 Å². The van der Waals surface area contributed by atoms with Crippen LogP contribution in [0.5, 0.6) is 0 Å². The summed E-state index contributed by atoms with van der Waals surface area (Å²) in [6, 6.07) is 10.8. The molecule has 0 amide bonds. The Bertz CT molecular complexity index is 363. The lowest BCUT2D eigenvalue weighted by atomic mass is 9.97. The van der Waals surface area contributed by atoms with Crippen LogP contribution in [0.3, 0.4) is 0 Å². The molecule has 1 unspecified atom stereocenters. The van der Waals surface area contributed by atoms with E-state index in [1.807, 2.05) is 0 Å². The van der Waals surface area contributed by atoms with Crippen molar-refractivity contribution in [3.8, 4) is 0 Å². The van der Waals surface area contributed by atoms with E-state index in [9.17, 15) is 0 Å². The van der Waals surface area contributed by atoms with Gasteiger partial charge in [-0.15, -0.1) is 0 Å². The number of rotatable bonds is 6. The van der Waals surface area contributed by atoms with Crippen molar-refractivity contribution in [1.29, 1.82) is 0 Å². The Balaban J connectivity index is 1.69. The van der Waals surface area contributed by atoms with E-state index < -0.39 is 0 Å². The van der Waals surface area contributed by atoms with Gasteiger partial charge in [0.25, 0.3) is 0 Å². The van der Waals surface area contributed by atoms with E-state index in [4.69, 9.17) is 0 Å². The first-order valence-corrected chi connectivity index (χ1v) is 8.22. The van der Waals surface area contributed by atoms with Gasteiger partial charge in [0.2, 0.25) is 0 Å². The van der Waals surface area contributed by atoms with Crippen molar-refractivity contribution in [2.75, 3.05) is 33.2 Å². The Hall–Kier alpha value is -0.860. The molecule has 20 heavy (non-hydrogen) atoms. The highest BCUT2D eigenvalue weighted by atomic mass is 15.1. The molecule has 1 saturated heterocycles. The zero-order valence-corrected chi connectivity index (χ0v) is 13.2. The molecule has 2 nitrogen and oxygen atoms in total. The Labute approximate surface area is 124 Å². The van der Waals surface area contributed by atoms with Gasteiger partial charge >= 0.3 is 0 Å². The maximum atomic E-state index is 2.60. The van der Waals surface area contributed by atoms with E-state index in [1.54, 1.807) is 0 Å². The molecule has 1 heterocycles. The molecule has 1 aromatic rings. The maximum Gasteiger partial charge on any atom is 0.0230 e. The zero-order chi connectivity index (χ0) is 14.2. The average molecular weight is 274 g/mol. The van der Waals surface area contributed by atoms with E-state index in [-0.39, 0.29) is 0 Å². The second-order valence-electron chi connectivity index (χ2n) is 6.24. The molecule has 0 aliphatic carbocycles. The van der Waals surface area contributed by atoms with Gasteiger partial charge in [-0.05, 0) is 70.4 Å². The Kier molecular flexibility index (Phi) is 6.55. The van der Waals surface area contributed by atoms with Crippen molar-refractivity contribution in [3.05, 3.63) is 35.9 Å². The van der Waals surface area contributed by atoms with Crippen LogP contribution in [0.1, 0.15) is 38.2 Å². The van der Waals surface area contributed by atoms with Gasteiger partial charge in [0.1, 0.15) is 0 Å². The van der Waals surface area contributed by atoms with Crippen LogP contribution in [0.15, 0.2) is 30.3 Å². The standard InChI is InChI=1S/C18H30N2/c1-3-20-13-7-10-17(12-15-20)11-14-19(2)16-18-8-5-4-6-9-18/h4-6,8-9,17H,3,7,10-16H2,1-2H3. The van der Waals surface area contributed by atoms with Crippen LogP contribution in [0.4, 0.5) is 0 Å². The second kappa shape index (κ2) is 8.43. The van der Waals surface area contributed by atoms with Gasteiger partial charge in [0, 0.05) is 6.54 Å². The summed E-state index contributed by atoms with van der Waals surface area (Å²) in [5.74, 6) is 0.935. The van der Waals surface area contributed by atoms with Gasteiger partial charge < -0.3 is 9.80 Å². The molecule has 1 aromatic carbocycles. The van der Waals surface area contributed by atoms with Crippen molar-refractivity contribution in [2.45, 2.75) is 39.2 Å². The predicted molar refractivity (Wildman–Crippen MR) is 86.8 cm³/mol. The minimum absolute atomic E-state index is 0.935. The smallest absolute Gasteiger partial charge is 0.0230 e. The summed E-state index contributed by atoms with van der Waals surface area (Å²) in [7, 11) is 2.25. The molecule has 2 heteroatoms. The second-order valence-corrected chi connectivity index (χ2v) is 6.24. The average Bonchev–Trinajstić information content (AvgIpc) is 2.71. The van der Waals surface area contributed by atoms with Crippen LogP contribution in [-0.2, 0) is 6.54 Å². The van der Waals surface area contributed by atoms with Crippen LogP contribution in [0.2, 0.25) is 0 Å². The van der Waals surface area contributed by atoms with Crippen LogP contribution in [0.25, 0.3) is 0 Å². The van der Waals surface area contributed by atoms with Crippen molar-refractivity contribution in [2.24, 2.45) is 5.92 Å². The van der Waals surface area contributed by atoms with Crippen LogP contribution < -0.4 is 0 Å². The largest absolute Gasteiger partial charge is 0.304 e. The Morgan fingerprint density at radius 2 is 1.95 bits per heavy atom. The molecule has 1 aliphatic rings. The summed E-state index contributed by atoms with van der Waals surface area (Å²) in [6.07, 6.45) is 5.57. The molecule has 1 atom stereocenters. The van der Waals surface area contributed by atoms with Gasteiger partial charge in [-0.1, -0.05) is 37.3 Å². The molecule has 0 spiro atoms. The molecule has 0 saturated carbocycles. The number of hydrogen-bond acceptors (Lipinski definition) is 2.